The van der Waals surface area contributed by atoms with Gasteiger partial charge in [0.25, 0.3) is 5.56 Å². The summed E-state index contributed by atoms with van der Waals surface area (Å²) in [6.45, 7) is 2.38. The quantitative estimate of drug-likeness (QED) is 0.542. The molecule has 5 heteroatoms. The van der Waals surface area contributed by atoms with Crippen molar-refractivity contribution in [1.29, 1.82) is 0 Å². The van der Waals surface area contributed by atoms with Gasteiger partial charge >= 0.3 is 0 Å². The van der Waals surface area contributed by atoms with Crippen molar-refractivity contribution in [3.05, 3.63) is 76.3 Å². The molecule has 29 heavy (non-hydrogen) atoms. The second-order valence-corrected chi connectivity index (χ2v) is 9.42. The third-order valence-corrected chi connectivity index (χ3v) is 7.35. The predicted molar refractivity (Wildman–Crippen MR) is 117 cm³/mol. The highest BCUT2D eigenvalue weighted by atomic mass is 32.2. The minimum Gasteiger partial charge on any atom is -0.307 e. The molecule has 2 fully saturated rings. The number of pyridine rings is 1. The molecule has 5 rings (SSSR count). The normalized spacial score (nSPS) is 21.3. The summed E-state index contributed by atoms with van der Waals surface area (Å²) in [6.07, 6.45) is 3.87. The lowest BCUT2D eigenvalue weighted by molar-refractivity contribution is 0.204. The second-order valence-electron chi connectivity index (χ2n) is 8.25. The Morgan fingerprint density at radius 1 is 1.07 bits per heavy atom. The molecule has 2 aliphatic rings. The fourth-order valence-corrected chi connectivity index (χ4v) is 5.81. The monoisotopic (exact) mass is 408 g/mol. The third kappa shape index (κ3) is 3.86. The zero-order valence-corrected chi connectivity index (χ0v) is 17.2. The zero-order chi connectivity index (χ0) is 19.8. The maximum absolute atomic E-state index is 13.9. The number of benzene rings is 2. The molecule has 2 atom stereocenters. The van der Waals surface area contributed by atoms with Crippen LogP contribution in [0.25, 0.3) is 10.9 Å². The Bertz CT molecular complexity index is 1080. The molecule has 1 saturated heterocycles. The van der Waals surface area contributed by atoms with Gasteiger partial charge in [-0.2, -0.15) is 0 Å². The van der Waals surface area contributed by atoms with Crippen LogP contribution in [0.5, 0.6) is 0 Å². The predicted octanol–water partition coefficient (Wildman–Crippen LogP) is 4.92. The van der Waals surface area contributed by atoms with Gasteiger partial charge in [-0.05, 0) is 67.0 Å². The highest BCUT2D eigenvalue weighted by Crippen LogP contribution is 2.38. The van der Waals surface area contributed by atoms with Crippen molar-refractivity contribution in [2.75, 3.05) is 12.3 Å². The van der Waals surface area contributed by atoms with Crippen LogP contribution in [0.15, 0.2) is 64.3 Å². The smallest absolute Gasteiger partial charge is 0.255 e. The number of likely N-dealkylation sites (tertiary alicyclic amines) is 1. The molecule has 2 bridgehead atoms. The van der Waals surface area contributed by atoms with Gasteiger partial charge in [0.05, 0.1) is 5.52 Å². The highest BCUT2D eigenvalue weighted by Gasteiger charge is 2.37. The molecule has 0 radical (unpaired) electrons. The van der Waals surface area contributed by atoms with E-state index < -0.39 is 0 Å². The molecular weight excluding hydrogens is 383 g/mol. The van der Waals surface area contributed by atoms with Gasteiger partial charge in [-0.25, -0.2) is 4.39 Å². The van der Waals surface area contributed by atoms with Gasteiger partial charge in [-0.15, -0.1) is 11.8 Å². The summed E-state index contributed by atoms with van der Waals surface area (Å²) in [4.78, 5) is 17.0. The molecule has 0 spiro atoms. The van der Waals surface area contributed by atoms with Crippen molar-refractivity contribution < 1.29 is 4.39 Å². The molecule has 3 aromatic rings. The highest BCUT2D eigenvalue weighted by molar-refractivity contribution is 7.99. The molecule has 1 aliphatic carbocycles. The first-order chi connectivity index (χ1) is 14.2. The molecule has 1 aromatic heterocycles. The third-order valence-electron chi connectivity index (χ3n) is 6.36. The lowest BCUT2D eigenvalue weighted by Crippen LogP contribution is -2.35. The number of aromatic nitrogens is 1. The average molecular weight is 409 g/mol. The Hall–Kier alpha value is -2.11. The first-order valence-corrected chi connectivity index (χ1v) is 11.4. The molecule has 2 aromatic carbocycles. The summed E-state index contributed by atoms with van der Waals surface area (Å²) in [5.41, 5.74) is 1.55. The summed E-state index contributed by atoms with van der Waals surface area (Å²) in [6, 6.07) is 17.6. The van der Waals surface area contributed by atoms with Crippen molar-refractivity contribution in [2.24, 2.45) is 5.92 Å². The van der Waals surface area contributed by atoms with E-state index in [-0.39, 0.29) is 11.4 Å². The van der Waals surface area contributed by atoms with Crippen LogP contribution in [0.2, 0.25) is 0 Å². The Morgan fingerprint density at radius 3 is 2.69 bits per heavy atom. The van der Waals surface area contributed by atoms with Crippen LogP contribution in [-0.4, -0.2) is 27.8 Å². The van der Waals surface area contributed by atoms with Crippen LogP contribution in [0.1, 0.15) is 24.8 Å². The summed E-state index contributed by atoms with van der Waals surface area (Å²) in [5, 5.41) is 0.940. The molecule has 2 unspecified atom stereocenters. The van der Waals surface area contributed by atoms with Gasteiger partial charge in [0.15, 0.2) is 0 Å². The number of halogens is 1. The van der Waals surface area contributed by atoms with Crippen molar-refractivity contribution in [3.63, 3.8) is 0 Å². The fraction of sp³-hybridized carbons (Fsp3) is 0.375. The van der Waals surface area contributed by atoms with Gasteiger partial charge in [0.1, 0.15) is 5.82 Å². The maximum Gasteiger partial charge on any atom is 0.255 e. The van der Waals surface area contributed by atoms with Crippen LogP contribution in [0, 0.1) is 11.7 Å². The van der Waals surface area contributed by atoms with Crippen LogP contribution < -0.4 is 5.56 Å². The number of nitrogens with zero attached hydrogens (tertiary/aromatic N) is 2. The Kier molecular flexibility index (Phi) is 5.18. The Balaban J connectivity index is 1.44. The Labute approximate surface area is 174 Å². The number of thioether (sulfide) groups is 1. The topological polar surface area (TPSA) is 25.2 Å². The number of aryl methyl sites for hydroxylation is 1. The molecular formula is C24H25FN2OS. The van der Waals surface area contributed by atoms with Crippen LogP contribution >= 0.6 is 11.8 Å². The number of fused-ring (bicyclic) bond motifs is 3. The molecule has 0 N–H and O–H groups in total. The maximum atomic E-state index is 13.9. The van der Waals surface area contributed by atoms with Crippen molar-refractivity contribution in [1.82, 2.24) is 9.47 Å². The van der Waals surface area contributed by atoms with Gasteiger partial charge in [0.2, 0.25) is 0 Å². The second kappa shape index (κ2) is 7.96. The van der Waals surface area contributed by atoms with E-state index in [1.54, 1.807) is 22.4 Å². The van der Waals surface area contributed by atoms with Crippen molar-refractivity contribution in [2.45, 2.75) is 43.3 Å². The average Bonchev–Trinajstić information content (AvgIpc) is 3.35. The summed E-state index contributed by atoms with van der Waals surface area (Å²) in [5.74, 6) is 1.28. The van der Waals surface area contributed by atoms with Crippen molar-refractivity contribution >= 4 is 22.7 Å². The number of hydrogen-bond acceptors (Lipinski definition) is 3. The fourth-order valence-electron chi connectivity index (χ4n) is 4.95. The van der Waals surface area contributed by atoms with Gasteiger partial charge in [-0.1, -0.05) is 18.2 Å². The summed E-state index contributed by atoms with van der Waals surface area (Å²) < 4.78 is 15.7. The van der Waals surface area contributed by atoms with Gasteiger partial charge in [-0.3, -0.25) is 9.69 Å². The van der Waals surface area contributed by atoms with Crippen molar-refractivity contribution in [3.8, 4) is 0 Å². The minimum absolute atomic E-state index is 0.0273. The molecule has 3 nitrogen and oxygen atoms in total. The number of hydrogen-bond donors (Lipinski definition) is 0. The first kappa shape index (κ1) is 18.9. The lowest BCUT2D eigenvalue weighted by Gasteiger charge is -2.27. The molecule has 150 valence electrons. The first-order valence-electron chi connectivity index (χ1n) is 10.4. The van der Waals surface area contributed by atoms with Crippen LogP contribution in [0.4, 0.5) is 4.39 Å². The molecule has 1 aliphatic heterocycles. The van der Waals surface area contributed by atoms with E-state index in [0.717, 1.165) is 29.2 Å². The van der Waals surface area contributed by atoms with E-state index in [0.29, 0.717) is 24.6 Å². The van der Waals surface area contributed by atoms with E-state index in [1.807, 2.05) is 24.3 Å². The largest absolute Gasteiger partial charge is 0.307 e. The van der Waals surface area contributed by atoms with E-state index in [2.05, 4.69) is 17.0 Å². The van der Waals surface area contributed by atoms with Crippen LogP contribution in [0.3, 0.4) is 0 Å². The van der Waals surface area contributed by atoms with E-state index in [4.69, 9.17) is 0 Å². The standard InChI is InChI=1S/C24H25FN2OS/c25-20-8-7-18-13-19(16-26-15-17-6-9-21(26)12-17)24(28)27(23(18)14-20)10-11-29-22-4-2-1-3-5-22/h1-5,7-8,13-14,17,21H,6,9-12,15-16H2. The number of rotatable bonds is 6. The van der Waals surface area contributed by atoms with E-state index in [9.17, 15) is 9.18 Å². The van der Waals surface area contributed by atoms with Gasteiger partial charge < -0.3 is 4.57 Å². The molecule has 2 heterocycles. The van der Waals surface area contributed by atoms with E-state index in [1.165, 1.54) is 36.3 Å². The Morgan fingerprint density at radius 2 is 1.93 bits per heavy atom. The number of piperidine rings is 1. The molecule has 0 amide bonds. The molecule has 1 saturated carbocycles. The zero-order valence-electron chi connectivity index (χ0n) is 16.4. The lowest BCUT2D eigenvalue weighted by atomic mass is 10.1. The minimum atomic E-state index is -0.300. The van der Waals surface area contributed by atoms with E-state index >= 15 is 0 Å². The summed E-state index contributed by atoms with van der Waals surface area (Å²) >= 11 is 1.72. The SMILES string of the molecule is O=c1c(CN2CC3CCC2C3)cc2ccc(F)cc2n1CCSc1ccccc1. The van der Waals surface area contributed by atoms with Gasteiger partial charge in [0, 0.05) is 41.9 Å². The summed E-state index contributed by atoms with van der Waals surface area (Å²) in [7, 11) is 0. The van der Waals surface area contributed by atoms with Crippen LogP contribution in [-0.2, 0) is 13.1 Å².